The fourth-order valence-electron chi connectivity index (χ4n) is 2.03. The number of amides is 1. The van der Waals surface area contributed by atoms with E-state index in [0.29, 0.717) is 0 Å². The highest BCUT2D eigenvalue weighted by Crippen LogP contribution is 2.27. The topological polar surface area (TPSA) is 32.3 Å². The number of hydrogen-bond donors (Lipinski definition) is 1. The zero-order valence-corrected chi connectivity index (χ0v) is 13.3. The quantitative estimate of drug-likeness (QED) is 0.780. The molecule has 0 bridgehead atoms. The number of nitrogens with zero attached hydrogens (tertiary/aromatic N) is 1. The minimum absolute atomic E-state index is 0.0127. The van der Waals surface area contributed by atoms with Crippen LogP contribution in [0, 0.1) is 3.57 Å². The van der Waals surface area contributed by atoms with E-state index >= 15 is 0 Å². The summed E-state index contributed by atoms with van der Waals surface area (Å²) in [6, 6.07) is 6.00. The smallest absolute Gasteiger partial charge is 0.244 e. The normalized spacial score (nSPS) is 20.1. The van der Waals surface area contributed by atoms with E-state index < -0.39 is 0 Å². The second kappa shape index (κ2) is 5.67. The number of hydrogen-bond acceptors (Lipinski definition) is 2. The number of rotatable bonds is 3. The van der Waals surface area contributed by atoms with Crippen LogP contribution in [0.2, 0.25) is 0 Å². The molecule has 1 unspecified atom stereocenters. The van der Waals surface area contributed by atoms with Gasteiger partial charge in [0.25, 0.3) is 0 Å². The molecule has 1 N–H and O–H groups in total. The molecule has 92 valence electrons. The maximum absolute atomic E-state index is 12.1. The van der Waals surface area contributed by atoms with Crippen LogP contribution in [0.25, 0.3) is 0 Å². The first-order chi connectivity index (χ1) is 8.13. The van der Waals surface area contributed by atoms with Crippen molar-refractivity contribution in [2.75, 3.05) is 18.0 Å². The maximum atomic E-state index is 12.1. The van der Waals surface area contributed by atoms with Crippen molar-refractivity contribution in [3.63, 3.8) is 0 Å². The van der Waals surface area contributed by atoms with Crippen molar-refractivity contribution in [1.82, 2.24) is 5.32 Å². The van der Waals surface area contributed by atoms with Gasteiger partial charge in [-0.15, -0.1) is 0 Å². The van der Waals surface area contributed by atoms with E-state index in [1.54, 1.807) is 0 Å². The lowest BCUT2D eigenvalue weighted by atomic mass is 10.2. The van der Waals surface area contributed by atoms with Crippen molar-refractivity contribution in [1.29, 1.82) is 0 Å². The minimum Gasteiger partial charge on any atom is -0.311 e. The van der Waals surface area contributed by atoms with Gasteiger partial charge in [0, 0.05) is 20.3 Å². The Morgan fingerprint density at radius 3 is 3.00 bits per heavy atom. The molecule has 17 heavy (non-hydrogen) atoms. The average Bonchev–Trinajstić information content (AvgIpc) is 2.66. The third-order valence-electron chi connectivity index (χ3n) is 2.87. The molecule has 0 spiro atoms. The van der Waals surface area contributed by atoms with Crippen molar-refractivity contribution in [3.8, 4) is 0 Å². The Morgan fingerprint density at radius 2 is 2.35 bits per heavy atom. The molecule has 3 nitrogen and oxygen atoms in total. The Kier molecular flexibility index (Phi) is 4.43. The predicted molar refractivity (Wildman–Crippen MR) is 81.3 cm³/mol. The van der Waals surface area contributed by atoms with Gasteiger partial charge in [-0.3, -0.25) is 4.79 Å². The summed E-state index contributed by atoms with van der Waals surface area (Å²) in [7, 11) is 0. The van der Waals surface area contributed by atoms with E-state index in [1.807, 2.05) is 30.0 Å². The lowest BCUT2D eigenvalue weighted by Crippen LogP contribution is -2.38. The molecule has 1 heterocycles. The second-order valence-corrected chi connectivity index (χ2v) is 6.00. The Bertz CT molecular complexity index is 439. The molecule has 1 aliphatic heterocycles. The Morgan fingerprint density at radius 1 is 1.59 bits per heavy atom. The first kappa shape index (κ1) is 13.3. The number of carbonyl (C=O) groups excluding carboxylic acids is 1. The van der Waals surface area contributed by atoms with Crippen molar-refractivity contribution < 1.29 is 4.79 Å². The van der Waals surface area contributed by atoms with Crippen molar-refractivity contribution in [3.05, 3.63) is 26.2 Å². The third-order valence-corrected chi connectivity index (χ3v) is 5.20. The van der Waals surface area contributed by atoms with E-state index in [0.717, 1.165) is 33.2 Å². The summed E-state index contributed by atoms with van der Waals surface area (Å²) in [6.07, 6.45) is 0.888. The molecule has 1 atom stereocenters. The van der Waals surface area contributed by atoms with Crippen molar-refractivity contribution in [2.45, 2.75) is 19.4 Å². The summed E-state index contributed by atoms with van der Waals surface area (Å²) >= 11 is 5.73. The second-order valence-electron chi connectivity index (χ2n) is 3.99. The minimum atomic E-state index is -0.0127. The van der Waals surface area contributed by atoms with Gasteiger partial charge >= 0.3 is 0 Å². The van der Waals surface area contributed by atoms with Crippen LogP contribution >= 0.6 is 38.5 Å². The molecular formula is C12H14BrIN2O. The number of anilines is 1. The van der Waals surface area contributed by atoms with Crippen molar-refractivity contribution in [2.24, 2.45) is 0 Å². The Balaban J connectivity index is 2.18. The highest BCUT2D eigenvalue weighted by atomic mass is 127. The van der Waals surface area contributed by atoms with E-state index in [9.17, 15) is 4.79 Å². The summed E-state index contributed by atoms with van der Waals surface area (Å²) in [5.41, 5.74) is 0.989. The molecule has 1 aliphatic rings. The molecule has 5 heteroatoms. The van der Waals surface area contributed by atoms with Crippen LogP contribution in [0.5, 0.6) is 0 Å². The summed E-state index contributed by atoms with van der Waals surface area (Å²) in [5.74, 6) is 0.185. The number of carbonyl (C=O) groups is 1. The lowest BCUT2D eigenvalue weighted by Gasteiger charge is -2.17. The van der Waals surface area contributed by atoms with Crippen LogP contribution in [0.1, 0.15) is 13.3 Å². The van der Waals surface area contributed by atoms with Gasteiger partial charge in [0.15, 0.2) is 0 Å². The van der Waals surface area contributed by atoms with Gasteiger partial charge in [-0.1, -0.05) is 6.92 Å². The first-order valence-electron chi connectivity index (χ1n) is 5.63. The van der Waals surface area contributed by atoms with Gasteiger partial charge in [0.1, 0.15) is 0 Å². The molecular weight excluding hydrogens is 395 g/mol. The summed E-state index contributed by atoms with van der Waals surface area (Å²) in [5, 5.41) is 3.22. The molecule has 1 aromatic carbocycles. The Hall–Kier alpha value is -0.140. The maximum Gasteiger partial charge on any atom is 0.244 e. The standard InChI is InChI=1S/C12H14BrIN2O/c1-2-15-11-5-6-16(12(11)17)8-3-4-9(13)10(14)7-8/h3-4,7,11,15H,2,5-6H2,1H3. The first-order valence-corrected chi connectivity index (χ1v) is 7.50. The number of benzene rings is 1. The van der Waals surface area contributed by atoms with Gasteiger partial charge in [-0.05, 0) is 69.7 Å². The van der Waals surface area contributed by atoms with Crippen LogP contribution in [0.4, 0.5) is 5.69 Å². The van der Waals surface area contributed by atoms with Gasteiger partial charge < -0.3 is 10.2 Å². The zero-order chi connectivity index (χ0) is 12.4. The van der Waals surface area contributed by atoms with E-state index in [-0.39, 0.29) is 11.9 Å². The van der Waals surface area contributed by atoms with Crippen LogP contribution in [0.15, 0.2) is 22.7 Å². The van der Waals surface area contributed by atoms with E-state index in [4.69, 9.17) is 0 Å². The molecule has 0 aromatic heterocycles. The fraction of sp³-hybridized carbons (Fsp3) is 0.417. The molecule has 0 aliphatic carbocycles. The fourth-order valence-corrected chi connectivity index (χ4v) is 2.77. The van der Waals surface area contributed by atoms with Crippen LogP contribution < -0.4 is 10.2 Å². The van der Waals surface area contributed by atoms with Gasteiger partial charge in [0.05, 0.1) is 6.04 Å². The molecule has 1 aromatic rings. The number of halogens is 2. The molecule has 1 fully saturated rings. The molecule has 0 saturated carbocycles. The highest BCUT2D eigenvalue weighted by molar-refractivity contribution is 14.1. The largest absolute Gasteiger partial charge is 0.311 e. The molecule has 2 rings (SSSR count). The average molecular weight is 409 g/mol. The summed E-state index contributed by atoms with van der Waals surface area (Å²) in [4.78, 5) is 14.0. The van der Waals surface area contributed by atoms with E-state index in [2.05, 4.69) is 43.8 Å². The monoisotopic (exact) mass is 408 g/mol. The van der Waals surface area contributed by atoms with Gasteiger partial charge in [-0.25, -0.2) is 0 Å². The summed E-state index contributed by atoms with van der Waals surface area (Å²) in [6.45, 7) is 3.66. The van der Waals surface area contributed by atoms with Gasteiger partial charge in [0.2, 0.25) is 5.91 Å². The number of nitrogens with one attached hydrogen (secondary N) is 1. The molecule has 0 radical (unpaired) electrons. The van der Waals surface area contributed by atoms with Crippen LogP contribution in [-0.4, -0.2) is 25.0 Å². The van der Waals surface area contributed by atoms with Crippen LogP contribution in [-0.2, 0) is 4.79 Å². The SMILES string of the molecule is CCNC1CCN(c2ccc(Br)c(I)c2)C1=O. The zero-order valence-electron chi connectivity index (χ0n) is 9.54. The predicted octanol–water partition coefficient (Wildman–Crippen LogP) is 2.77. The van der Waals surface area contributed by atoms with E-state index in [1.165, 1.54) is 0 Å². The summed E-state index contributed by atoms with van der Waals surface area (Å²) < 4.78 is 2.19. The van der Waals surface area contributed by atoms with Crippen LogP contribution in [0.3, 0.4) is 0 Å². The van der Waals surface area contributed by atoms with Crippen molar-refractivity contribution >= 4 is 50.1 Å². The third kappa shape index (κ3) is 2.82. The highest BCUT2D eigenvalue weighted by Gasteiger charge is 2.31. The Labute approximate surface area is 123 Å². The molecule has 1 saturated heterocycles. The number of likely N-dealkylation sites (N-methyl/N-ethyl adjacent to an activating group) is 1. The lowest BCUT2D eigenvalue weighted by molar-refractivity contribution is -0.118. The van der Waals surface area contributed by atoms with Gasteiger partial charge in [-0.2, -0.15) is 0 Å². The molecule has 1 amide bonds.